The average molecular weight is 207 g/mol. The normalized spacial score (nSPS) is 12.2. The number of carboxylic acids is 1. The Balaban J connectivity index is 3.02. The molecule has 15 heavy (non-hydrogen) atoms. The van der Waals surface area contributed by atoms with Crippen molar-refractivity contribution in [2.45, 2.75) is 26.8 Å². The highest BCUT2D eigenvalue weighted by molar-refractivity contribution is 5.78. The van der Waals surface area contributed by atoms with E-state index in [1.165, 1.54) is 0 Å². The predicted octanol–water partition coefficient (Wildman–Crippen LogP) is 2.29. The van der Waals surface area contributed by atoms with E-state index in [1.807, 2.05) is 43.0 Å². The van der Waals surface area contributed by atoms with E-state index in [0.717, 1.165) is 11.3 Å². The van der Waals surface area contributed by atoms with Gasteiger partial charge in [0.25, 0.3) is 0 Å². The van der Waals surface area contributed by atoms with E-state index in [0.29, 0.717) is 6.54 Å². The summed E-state index contributed by atoms with van der Waals surface area (Å²) in [7, 11) is 0. The molecule has 82 valence electrons. The lowest BCUT2D eigenvalue weighted by molar-refractivity contribution is -0.138. The first kappa shape index (κ1) is 11.6. The quantitative estimate of drug-likeness (QED) is 0.823. The third-order valence-corrected chi connectivity index (χ3v) is 2.59. The van der Waals surface area contributed by atoms with Crippen LogP contribution >= 0.6 is 0 Å². The lowest BCUT2D eigenvalue weighted by Crippen LogP contribution is -2.39. The zero-order chi connectivity index (χ0) is 11.4. The van der Waals surface area contributed by atoms with Crippen LogP contribution in [0, 0.1) is 6.92 Å². The lowest BCUT2D eigenvalue weighted by atomic mass is 10.1. The number of aryl methyl sites for hydroxylation is 1. The van der Waals surface area contributed by atoms with Gasteiger partial charge in [-0.3, -0.25) is 0 Å². The molecule has 0 aliphatic heterocycles. The van der Waals surface area contributed by atoms with Crippen LogP contribution in [-0.4, -0.2) is 23.7 Å². The van der Waals surface area contributed by atoms with Gasteiger partial charge in [-0.2, -0.15) is 0 Å². The summed E-state index contributed by atoms with van der Waals surface area (Å²) in [6.45, 7) is 6.36. The molecule has 0 spiro atoms. The zero-order valence-electron chi connectivity index (χ0n) is 9.40. The number of para-hydroxylation sites is 1. The number of benzene rings is 1. The van der Waals surface area contributed by atoms with Gasteiger partial charge in [-0.25, -0.2) is 4.79 Å². The predicted molar refractivity (Wildman–Crippen MR) is 61.3 cm³/mol. The van der Waals surface area contributed by atoms with Crippen LogP contribution in [0.25, 0.3) is 0 Å². The molecule has 1 atom stereocenters. The van der Waals surface area contributed by atoms with Crippen molar-refractivity contribution < 1.29 is 9.90 Å². The van der Waals surface area contributed by atoms with Crippen LogP contribution in [-0.2, 0) is 4.79 Å². The number of carbonyl (C=O) groups is 1. The Kier molecular flexibility index (Phi) is 3.72. The molecule has 0 bridgehead atoms. The van der Waals surface area contributed by atoms with E-state index in [2.05, 4.69) is 0 Å². The number of likely N-dealkylation sites (N-methyl/N-ethyl adjacent to an activating group) is 1. The van der Waals surface area contributed by atoms with Gasteiger partial charge < -0.3 is 10.0 Å². The number of rotatable bonds is 4. The summed E-state index contributed by atoms with van der Waals surface area (Å²) >= 11 is 0. The van der Waals surface area contributed by atoms with Crippen molar-refractivity contribution in [2.24, 2.45) is 0 Å². The van der Waals surface area contributed by atoms with E-state index in [1.54, 1.807) is 6.92 Å². The van der Waals surface area contributed by atoms with Gasteiger partial charge in [0, 0.05) is 12.2 Å². The molecule has 1 aromatic rings. The summed E-state index contributed by atoms with van der Waals surface area (Å²) in [6, 6.07) is 7.35. The van der Waals surface area contributed by atoms with E-state index in [4.69, 9.17) is 5.11 Å². The molecule has 0 aliphatic carbocycles. The maximum absolute atomic E-state index is 10.9. The van der Waals surface area contributed by atoms with Crippen molar-refractivity contribution in [3.63, 3.8) is 0 Å². The zero-order valence-corrected chi connectivity index (χ0v) is 9.40. The summed E-state index contributed by atoms with van der Waals surface area (Å²) < 4.78 is 0. The summed E-state index contributed by atoms with van der Waals surface area (Å²) in [6.07, 6.45) is 0. The number of hydrogen-bond donors (Lipinski definition) is 1. The van der Waals surface area contributed by atoms with Crippen LogP contribution in [0.3, 0.4) is 0 Å². The van der Waals surface area contributed by atoms with Gasteiger partial charge in [-0.15, -0.1) is 0 Å². The largest absolute Gasteiger partial charge is 0.480 e. The van der Waals surface area contributed by atoms with E-state index in [-0.39, 0.29) is 0 Å². The van der Waals surface area contributed by atoms with Crippen LogP contribution in [0.4, 0.5) is 5.69 Å². The third-order valence-electron chi connectivity index (χ3n) is 2.59. The molecule has 3 nitrogen and oxygen atoms in total. The maximum atomic E-state index is 10.9. The summed E-state index contributed by atoms with van der Waals surface area (Å²) in [4.78, 5) is 12.8. The molecule has 3 heteroatoms. The fourth-order valence-electron chi connectivity index (χ4n) is 1.67. The lowest BCUT2D eigenvalue weighted by Gasteiger charge is -2.28. The minimum Gasteiger partial charge on any atom is -0.480 e. The van der Waals surface area contributed by atoms with Crippen LogP contribution in [0.5, 0.6) is 0 Å². The number of hydrogen-bond acceptors (Lipinski definition) is 2. The van der Waals surface area contributed by atoms with E-state index < -0.39 is 12.0 Å². The first-order valence-electron chi connectivity index (χ1n) is 5.13. The van der Waals surface area contributed by atoms with Crippen molar-refractivity contribution in [2.75, 3.05) is 11.4 Å². The molecule has 0 aliphatic rings. The second kappa shape index (κ2) is 4.82. The monoisotopic (exact) mass is 207 g/mol. The fraction of sp³-hybridized carbons (Fsp3) is 0.417. The molecule has 0 radical (unpaired) electrons. The molecular weight excluding hydrogens is 190 g/mol. The highest BCUT2D eigenvalue weighted by Crippen LogP contribution is 2.21. The molecule has 1 N–H and O–H groups in total. The van der Waals surface area contributed by atoms with Gasteiger partial charge in [0.05, 0.1) is 0 Å². The second-order valence-electron chi connectivity index (χ2n) is 3.59. The molecule has 1 rings (SSSR count). The van der Waals surface area contributed by atoms with Crippen molar-refractivity contribution in [3.05, 3.63) is 29.8 Å². The Hall–Kier alpha value is -1.51. The Morgan fingerprint density at radius 3 is 2.53 bits per heavy atom. The molecule has 0 amide bonds. The summed E-state index contributed by atoms with van der Waals surface area (Å²) in [5.74, 6) is -0.792. The molecule has 1 aromatic carbocycles. The van der Waals surface area contributed by atoms with E-state index >= 15 is 0 Å². The molecule has 0 unspecified atom stereocenters. The maximum Gasteiger partial charge on any atom is 0.326 e. The summed E-state index contributed by atoms with van der Waals surface area (Å²) in [5.41, 5.74) is 2.10. The van der Waals surface area contributed by atoms with Gasteiger partial charge in [0.1, 0.15) is 6.04 Å². The highest BCUT2D eigenvalue weighted by Gasteiger charge is 2.20. The smallest absolute Gasteiger partial charge is 0.326 e. The molecule has 0 heterocycles. The van der Waals surface area contributed by atoms with Gasteiger partial charge >= 0.3 is 5.97 Å². The Bertz CT molecular complexity index is 349. The Labute approximate surface area is 90.3 Å². The first-order chi connectivity index (χ1) is 7.07. The van der Waals surface area contributed by atoms with Crippen molar-refractivity contribution in [3.8, 4) is 0 Å². The number of carboxylic acid groups (broad SMARTS) is 1. The van der Waals surface area contributed by atoms with Crippen LogP contribution < -0.4 is 4.90 Å². The molecule has 0 aromatic heterocycles. The molecule has 0 saturated carbocycles. The van der Waals surface area contributed by atoms with Gasteiger partial charge in [-0.05, 0) is 32.4 Å². The number of anilines is 1. The number of nitrogens with zero attached hydrogens (tertiary/aromatic N) is 1. The molecule has 0 fully saturated rings. The van der Waals surface area contributed by atoms with Gasteiger partial charge in [0.15, 0.2) is 0 Å². The van der Waals surface area contributed by atoms with Crippen LogP contribution in [0.15, 0.2) is 24.3 Å². The average Bonchev–Trinajstić information content (AvgIpc) is 2.21. The SMILES string of the molecule is CCN(c1ccccc1C)[C@H](C)C(=O)O. The topological polar surface area (TPSA) is 40.5 Å². The van der Waals surface area contributed by atoms with E-state index in [9.17, 15) is 4.79 Å². The Morgan fingerprint density at radius 1 is 1.47 bits per heavy atom. The van der Waals surface area contributed by atoms with Crippen molar-refractivity contribution in [1.82, 2.24) is 0 Å². The first-order valence-corrected chi connectivity index (χ1v) is 5.13. The van der Waals surface area contributed by atoms with Gasteiger partial charge in [-0.1, -0.05) is 18.2 Å². The van der Waals surface area contributed by atoms with Crippen LogP contribution in [0.1, 0.15) is 19.4 Å². The number of aliphatic carboxylic acids is 1. The van der Waals surface area contributed by atoms with Crippen LogP contribution in [0.2, 0.25) is 0 Å². The second-order valence-corrected chi connectivity index (χ2v) is 3.59. The Morgan fingerprint density at radius 2 is 2.07 bits per heavy atom. The molecular formula is C12H17NO2. The minimum atomic E-state index is -0.792. The fourth-order valence-corrected chi connectivity index (χ4v) is 1.67. The van der Waals surface area contributed by atoms with Crippen molar-refractivity contribution >= 4 is 11.7 Å². The van der Waals surface area contributed by atoms with Gasteiger partial charge in [0.2, 0.25) is 0 Å². The minimum absolute atomic E-state index is 0.490. The third kappa shape index (κ3) is 2.49. The van der Waals surface area contributed by atoms with Crippen molar-refractivity contribution in [1.29, 1.82) is 0 Å². The molecule has 0 saturated heterocycles. The highest BCUT2D eigenvalue weighted by atomic mass is 16.4. The summed E-state index contributed by atoms with van der Waals surface area (Å²) in [5, 5.41) is 8.99. The standard InChI is InChI=1S/C12H17NO2/c1-4-13(10(3)12(14)15)11-8-6-5-7-9(11)2/h5-8,10H,4H2,1-3H3,(H,14,15)/t10-/m1/s1.